The van der Waals surface area contributed by atoms with E-state index in [2.05, 4.69) is 189 Å². The monoisotopic (exact) mass is 938 g/mol. The highest BCUT2D eigenvalue weighted by molar-refractivity contribution is 9.10. The molecule has 4 N–H and O–H groups in total. The molecule has 0 aliphatic heterocycles. The molecule has 6 heteroatoms. The van der Waals surface area contributed by atoms with Crippen LogP contribution in [0.1, 0.15) is 126 Å². The van der Waals surface area contributed by atoms with Crippen LogP contribution in [0.25, 0.3) is 11.1 Å². The van der Waals surface area contributed by atoms with E-state index in [1.165, 1.54) is 111 Å². The molecule has 0 heterocycles. The minimum atomic E-state index is -0.129. The molecule has 0 radical (unpaired) electrons. The number of unbranched alkanes of at least 4 members (excludes halogenated alkanes) is 10. The van der Waals surface area contributed by atoms with E-state index in [0.29, 0.717) is 13.1 Å². The fraction of sp³-hybridized carbons (Fsp3) is 0.345. The van der Waals surface area contributed by atoms with Gasteiger partial charge in [0.05, 0.1) is 0 Å². The number of hydrogen-bond donors (Lipinski definition) is 2. The Bertz CT molecular complexity index is 2120. The molecule has 7 rings (SSSR count). The summed E-state index contributed by atoms with van der Waals surface area (Å²) in [6, 6.07) is 49.6. The summed E-state index contributed by atoms with van der Waals surface area (Å²) in [5.41, 5.74) is 26.9. The maximum absolute atomic E-state index is 6.08. The van der Waals surface area contributed by atoms with Crippen molar-refractivity contribution in [2.75, 3.05) is 9.80 Å². The molecule has 0 amide bonds. The van der Waals surface area contributed by atoms with Gasteiger partial charge in [-0.05, 0) is 143 Å². The Hall–Kier alpha value is -4.20. The van der Waals surface area contributed by atoms with Crippen molar-refractivity contribution < 1.29 is 0 Å². The molecule has 0 atom stereocenters. The summed E-state index contributed by atoms with van der Waals surface area (Å²) in [7, 11) is 0. The maximum Gasteiger partial charge on any atom is 0.0465 e. The molecule has 0 saturated carbocycles. The molecular formula is C55H64Br2N4. The molecule has 0 saturated heterocycles. The lowest BCUT2D eigenvalue weighted by atomic mass is 9.70. The van der Waals surface area contributed by atoms with Gasteiger partial charge in [0.15, 0.2) is 0 Å². The van der Waals surface area contributed by atoms with Gasteiger partial charge in [0.25, 0.3) is 0 Å². The van der Waals surface area contributed by atoms with Gasteiger partial charge in [-0.25, -0.2) is 0 Å². The predicted molar refractivity (Wildman–Crippen MR) is 269 cm³/mol. The van der Waals surface area contributed by atoms with Crippen LogP contribution in [0.4, 0.5) is 34.1 Å². The Morgan fingerprint density at radius 1 is 0.393 bits per heavy atom. The number of rotatable bonds is 22. The molecule has 0 unspecified atom stereocenters. The van der Waals surface area contributed by atoms with Crippen LogP contribution in [0.2, 0.25) is 0 Å². The van der Waals surface area contributed by atoms with Gasteiger partial charge in [-0.2, -0.15) is 0 Å². The summed E-state index contributed by atoms with van der Waals surface area (Å²) in [5, 5.41) is 0. The first kappa shape index (κ1) is 44.8. The SMILES string of the molecule is CCCCCCCCC1(CCCCCCCC)c2cc(N(c3ccc(Br)cc3)c3ccc(CN)cc3)ccc2-c2ccc(N(c3ccc(Br)cc3)c3ccc(CN)cc3)cc21. The second-order valence-electron chi connectivity index (χ2n) is 16.9. The van der Waals surface area contributed by atoms with Crippen LogP contribution in [0.5, 0.6) is 0 Å². The molecule has 0 spiro atoms. The first-order valence-electron chi connectivity index (χ1n) is 22.9. The normalized spacial score (nSPS) is 12.6. The molecular weight excluding hydrogens is 876 g/mol. The lowest BCUT2D eigenvalue weighted by Crippen LogP contribution is -2.26. The summed E-state index contributed by atoms with van der Waals surface area (Å²) in [5.74, 6) is 0. The van der Waals surface area contributed by atoms with Gasteiger partial charge in [0, 0.05) is 61.6 Å². The lowest BCUT2D eigenvalue weighted by molar-refractivity contribution is 0.398. The van der Waals surface area contributed by atoms with E-state index in [9.17, 15) is 0 Å². The van der Waals surface area contributed by atoms with Crippen molar-refractivity contribution in [3.8, 4) is 11.1 Å². The zero-order valence-corrected chi connectivity index (χ0v) is 39.5. The molecule has 0 aromatic heterocycles. The number of hydrogen-bond acceptors (Lipinski definition) is 4. The van der Waals surface area contributed by atoms with Crippen molar-refractivity contribution in [3.63, 3.8) is 0 Å². The minimum Gasteiger partial charge on any atom is -0.326 e. The summed E-state index contributed by atoms with van der Waals surface area (Å²) in [6.45, 7) is 5.67. The van der Waals surface area contributed by atoms with Gasteiger partial charge in [0.2, 0.25) is 0 Å². The number of nitrogens with two attached hydrogens (primary N) is 2. The van der Waals surface area contributed by atoms with Crippen LogP contribution in [0.3, 0.4) is 0 Å². The topological polar surface area (TPSA) is 58.5 Å². The van der Waals surface area contributed by atoms with E-state index in [1.54, 1.807) is 0 Å². The quantitative estimate of drug-likeness (QED) is 0.0666. The molecule has 0 bridgehead atoms. The Morgan fingerprint density at radius 2 is 0.705 bits per heavy atom. The second-order valence-corrected chi connectivity index (χ2v) is 18.8. The van der Waals surface area contributed by atoms with Crippen LogP contribution in [0.15, 0.2) is 142 Å². The molecule has 0 fully saturated rings. The van der Waals surface area contributed by atoms with E-state index >= 15 is 0 Å². The van der Waals surface area contributed by atoms with Gasteiger partial charge in [-0.15, -0.1) is 0 Å². The summed E-state index contributed by atoms with van der Waals surface area (Å²) < 4.78 is 2.14. The van der Waals surface area contributed by atoms with Crippen LogP contribution in [-0.4, -0.2) is 0 Å². The third-order valence-corrected chi connectivity index (χ3v) is 13.8. The zero-order chi connectivity index (χ0) is 42.6. The highest BCUT2D eigenvalue weighted by atomic mass is 79.9. The number of nitrogens with zero attached hydrogens (tertiary/aromatic N) is 2. The fourth-order valence-corrected chi connectivity index (χ4v) is 9.99. The van der Waals surface area contributed by atoms with E-state index in [4.69, 9.17) is 11.5 Å². The third-order valence-electron chi connectivity index (χ3n) is 12.8. The van der Waals surface area contributed by atoms with E-state index < -0.39 is 0 Å². The van der Waals surface area contributed by atoms with Crippen molar-refractivity contribution in [1.29, 1.82) is 0 Å². The van der Waals surface area contributed by atoms with Gasteiger partial charge in [-0.1, -0.05) is 159 Å². The standard InChI is InChI=1S/C55H64Br2N4/c1-3-5-7-9-11-13-35-55(36-14-12-10-8-6-4-2)53-37-49(60(47-27-19-43(56)20-28-47)45-23-15-41(39-58)16-24-45)31-33-51(53)52-34-32-50(38-54(52)55)61(48-29-21-44(57)22-30-48)46-25-17-42(40-59)18-26-46/h15-34,37-38H,3-14,35-36,39-40,58-59H2,1-2H3. The maximum atomic E-state index is 6.08. The average molecular weight is 941 g/mol. The summed E-state index contributed by atoms with van der Waals surface area (Å²) in [4.78, 5) is 4.84. The Morgan fingerprint density at radius 3 is 1.05 bits per heavy atom. The first-order valence-corrected chi connectivity index (χ1v) is 24.5. The number of halogens is 2. The van der Waals surface area contributed by atoms with E-state index in [1.807, 2.05) is 0 Å². The van der Waals surface area contributed by atoms with Crippen molar-refractivity contribution in [2.45, 2.75) is 122 Å². The average Bonchev–Trinajstić information content (AvgIpc) is 3.56. The number of anilines is 6. The van der Waals surface area contributed by atoms with Gasteiger partial charge in [-0.3, -0.25) is 0 Å². The van der Waals surface area contributed by atoms with Crippen molar-refractivity contribution in [1.82, 2.24) is 0 Å². The Balaban J connectivity index is 1.39. The highest BCUT2D eigenvalue weighted by Crippen LogP contribution is 2.57. The molecule has 318 valence electrons. The molecule has 61 heavy (non-hydrogen) atoms. The van der Waals surface area contributed by atoms with Gasteiger partial charge < -0.3 is 21.3 Å². The van der Waals surface area contributed by atoms with Crippen molar-refractivity contribution >= 4 is 66.0 Å². The number of fused-ring (bicyclic) bond motifs is 3. The first-order chi connectivity index (χ1) is 29.9. The van der Waals surface area contributed by atoms with E-state index in [0.717, 1.165) is 55.7 Å². The highest BCUT2D eigenvalue weighted by Gasteiger charge is 2.43. The Kier molecular flexibility index (Phi) is 16.0. The molecule has 4 nitrogen and oxygen atoms in total. The van der Waals surface area contributed by atoms with Crippen molar-refractivity contribution in [2.24, 2.45) is 11.5 Å². The van der Waals surface area contributed by atoms with Crippen LogP contribution in [-0.2, 0) is 18.5 Å². The van der Waals surface area contributed by atoms with Crippen LogP contribution < -0.4 is 21.3 Å². The van der Waals surface area contributed by atoms with Gasteiger partial charge in [0.1, 0.15) is 0 Å². The lowest BCUT2D eigenvalue weighted by Gasteiger charge is -2.35. The summed E-state index contributed by atoms with van der Waals surface area (Å²) in [6.07, 6.45) is 17.6. The fourth-order valence-electron chi connectivity index (χ4n) is 9.46. The van der Waals surface area contributed by atoms with E-state index in [-0.39, 0.29) is 5.41 Å². The molecule has 6 aromatic carbocycles. The predicted octanol–water partition coefficient (Wildman–Crippen LogP) is 16.8. The van der Waals surface area contributed by atoms with Gasteiger partial charge >= 0.3 is 0 Å². The largest absolute Gasteiger partial charge is 0.326 e. The smallest absolute Gasteiger partial charge is 0.0465 e. The second kappa shape index (κ2) is 21.7. The number of benzene rings is 6. The molecule has 6 aromatic rings. The molecule has 1 aliphatic carbocycles. The minimum absolute atomic E-state index is 0.129. The van der Waals surface area contributed by atoms with Crippen LogP contribution >= 0.6 is 31.9 Å². The van der Waals surface area contributed by atoms with Crippen molar-refractivity contribution in [3.05, 3.63) is 165 Å². The summed E-state index contributed by atoms with van der Waals surface area (Å²) >= 11 is 7.39. The van der Waals surface area contributed by atoms with Crippen LogP contribution in [0, 0.1) is 0 Å². The molecule has 1 aliphatic rings. The Labute approximate surface area is 383 Å². The zero-order valence-electron chi connectivity index (χ0n) is 36.3. The third kappa shape index (κ3) is 10.5.